The minimum Gasteiger partial charge on any atom is -0.381 e. The summed E-state index contributed by atoms with van der Waals surface area (Å²) in [7, 11) is 1.78. The van der Waals surface area contributed by atoms with E-state index in [4.69, 9.17) is 9.47 Å². The Morgan fingerprint density at radius 3 is 2.54 bits per heavy atom. The fourth-order valence-electron chi connectivity index (χ4n) is 3.62. The van der Waals surface area contributed by atoms with Gasteiger partial charge in [-0.2, -0.15) is 0 Å². The molecule has 2 heterocycles. The number of halogens is 2. The quantitative estimate of drug-likeness (QED) is 0.389. The van der Waals surface area contributed by atoms with Crippen LogP contribution in [0.1, 0.15) is 31.2 Å². The Kier molecular flexibility index (Phi) is 8.56. The molecule has 0 aliphatic carbocycles. The molecule has 0 amide bonds. The van der Waals surface area contributed by atoms with E-state index < -0.39 is 0 Å². The molecule has 0 aromatic heterocycles. The molecular formula is C19H29FIN3O2. The van der Waals surface area contributed by atoms with Gasteiger partial charge in [-0.05, 0) is 43.4 Å². The van der Waals surface area contributed by atoms with Crippen molar-refractivity contribution in [3.63, 3.8) is 0 Å². The number of hydrogen-bond donors (Lipinski definition) is 2. The second kappa shape index (κ2) is 10.4. The Morgan fingerprint density at radius 2 is 1.92 bits per heavy atom. The maximum atomic E-state index is 13.3. The number of aliphatic imine (C=N–C) groups is 1. The molecule has 0 saturated carbocycles. The van der Waals surface area contributed by atoms with Gasteiger partial charge in [0.2, 0.25) is 0 Å². The van der Waals surface area contributed by atoms with Crippen molar-refractivity contribution in [3.8, 4) is 0 Å². The van der Waals surface area contributed by atoms with E-state index in [-0.39, 0.29) is 41.3 Å². The standard InChI is InChI=1S/C19H28FN3O2.HI/c1-21-18(22-13-17-3-2-10-25-17)23-14-19(8-11-24-12-9-19)15-4-6-16(20)7-5-15;/h4-7,17H,2-3,8-14H2,1H3,(H2,21,22,23);1H. The van der Waals surface area contributed by atoms with Crippen LogP contribution in [0.15, 0.2) is 29.3 Å². The van der Waals surface area contributed by atoms with E-state index >= 15 is 0 Å². The van der Waals surface area contributed by atoms with E-state index in [0.717, 1.165) is 70.1 Å². The van der Waals surface area contributed by atoms with Gasteiger partial charge in [0.25, 0.3) is 0 Å². The number of rotatable bonds is 5. The van der Waals surface area contributed by atoms with E-state index in [1.54, 1.807) is 7.05 Å². The van der Waals surface area contributed by atoms with Crippen molar-refractivity contribution >= 4 is 29.9 Å². The fraction of sp³-hybridized carbons (Fsp3) is 0.632. The highest BCUT2D eigenvalue weighted by atomic mass is 127. The average Bonchev–Trinajstić information content (AvgIpc) is 3.17. The third-order valence-electron chi connectivity index (χ3n) is 5.25. The predicted octanol–water partition coefficient (Wildman–Crippen LogP) is 2.84. The summed E-state index contributed by atoms with van der Waals surface area (Å²) in [6.07, 6.45) is 4.32. The Morgan fingerprint density at radius 1 is 1.19 bits per heavy atom. The van der Waals surface area contributed by atoms with Crippen molar-refractivity contribution in [2.45, 2.75) is 37.2 Å². The predicted molar refractivity (Wildman–Crippen MR) is 112 cm³/mol. The second-order valence-electron chi connectivity index (χ2n) is 6.84. The fourth-order valence-corrected chi connectivity index (χ4v) is 3.62. The first-order valence-electron chi connectivity index (χ1n) is 9.12. The van der Waals surface area contributed by atoms with E-state index in [0.29, 0.717) is 0 Å². The molecule has 2 fully saturated rings. The van der Waals surface area contributed by atoms with Crippen LogP contribution in [-0.4, -0.2) is 52.0 Å². The number of nitrogens with one attached hydrogen (secondary N) is 2. The molecular weight excluding hydrogens is 448 g/mol. The Balaban J connectivity index is 0.00000243. The molecule has 1 aromatic carbocycles. The zero-order valence-corrected chi connectivity index (χ0v) is 17.6. The van der Waals surface area contributed by atoms with Crippen LogP contribution in [0.2, 0.25) is 0 Å². The van der Waals surface area contributed by atoms with Gasteiger partial charge in [-0.15, -0.1) is 24.0 Å². The highest BCUT2D eigenvalue weighted by molar-refractivity contribution is 14.0. The zero-order valence-electron chi connectivity index (χ0n) is 15.3. The number of hydrogen-bond acceptors (Lipinski definition) is 3. The van der Waals surface area contributed by atoms with Crippen LogP contribution in [0.4, 0.5) is 4.39 Å². The van der Waals surface area contributed by atoms with Crippen molar-refractivity contribution in [1.29, 1.82) is 0 Å². The van der Waals surface area contributed by atoms with Crippen LogP contribution in [0.3, 0.4) is 0 Å². The van der Waals surface area contributed by atoms with Crippen molar-refractivity contribution in [2.24, 2.45) is 4.99 Å². The van der Waals surface area contributed by atoms with Crippen LogP contribution >= 0.6 is 24.0 Å². The molecule has 2 aliphatic heterocycles. The molecule has 2 aliphatic rings. The summed E-state index contributed by atoms with van der Waals surface area (Å²) in [5, 5.41) is 6.80. The van der Waals surface area contributed by atoms with E-state index in [9.17, 15) is 4.39 Å². The van der Waals surface area contributed by atoms with Crippen LogP contribution in [0.25, 0.3) is 0 Å². The summed E-state index contributed by atoms with van der Waals surface area (Å²) in [5.41, 5.74) is 1.09. The van der Waals surface area contributed by atoms with Gasteiger partial charge >= 0.3 is 0 Å². The van der Waals surface area contributed by atoms with Gasteiger partial charge in [-0.3, -0.25) is 4.99 Å². The molecule has 2 N–H and O–H groups in total. The topological polar surface area (TPSA) is 54.9 Å². The lowest BCUT2D eigenvalue weighted by atomic mass is 9.74. The van der Waals surface area contributed by atoms with Gasteiger partial charge < -0.3 is 20.1 Å². The molecule has 26 heavy (non-hydrogen) atoms. The summed E-state index contributed by atoms with van der Waals surface area (Å²) in [6.45, 7) is 3.81. The number of ether oxygens (including phenoxy) is 2. The molecule has 1 atom stereocenters. The van der Waals surface area contributed by atoms with E-state index in [1.165, 1.54) is 12.1 Å². The summed E-state index contributed by atoms with van der Waals surface area (Å²) in [4.78, 5) is 4.32. The number of guanidine groups is 1. The lowest BCUT2D eigenvalue weighted by Gasteiger charge is -2.38. The van der Waals surface area contributed by atoms with Crippen LogP contribution in [0.5, 0.6) is 0 Å². The first kappa shape index (κ1) is 21.4. The molecule has 1 unspecified atom stereocenters. The van der Waals surface area contributed by atoms with Crippen molar-refractivity contribution < 1.29 is 13.9 Å². The minimum absolute atomic E-state index is 0. The minimum atomic E-state index is -0.201. The first-order valence-corrected chi connectivity index (χ1v) is 9.12. The second-order valence-corrected chi connectivity index (χ2v) is 6.84. The Labute approximate surface area is 172 Å². The maximum absolute atomic E-state index is 13.3. The molecule has 0 spiro atoms. The van der Waals surface area contributed by atoms with Crippen LogP contribution in [-0.2, 0) is 14.9 Å². The van der Waals surface area contributed by atoms with Gasteiger partial charge in [0.15, 0.2) is 5.96 Å². The van der Waals surface area contributed by atoms with Crippen LogP contribution < -0.4 is 10.6 Å². The summed E-state index contributed by atoms with van der Waals surface area (Å²) < 4.78 is 24.5. The zero-order chi connectivity index (χ0) is 17.5. The highest BCUT2D eigenvalue weighted by Gasteiger charge is 2.34. The Bertz CT molecular complexity index is 571. The van der Waals surface area contributed by atoms with Gasteiger partial charge in [0.05, 0.1) is 6.10 Å². The SMILES string of the molecule is CN=C(NCC1CCCO1)NCC1(c2ccc(F)cc2)CCOCC1.I. The van der Waals surface area contributed by atoms with E-state index in [1.807, 2.05) is 12.1 Å². The largest absolute Gasteiger partial charge is 0.381 e. The average molecular weight is 477 g/mol. The van der Waals surface area contributed by atoms with Crippen molar-refractivity contribution in [3.05, 3.63) is 35.6 Å². The monoisotopic (exact) mass is 477 g/mol. The van der Waals surface area contributed by atoms with Crippen molar-refractivity contribution in [1.82, 2.24) is 10.6 Å². The molecule has 5 nitrogen and oxygen atoms in total. The summed E-state index contributed by atoms with van der Waals surface area (Å²) in [6, 6.07) is 6.86. The van der Waals surface area contributed by atoms with E-state index in [2.05, 4.69) is 15.6 Å². The first-order chi connectivity index (χ1) is 12.2. The van der Waals surface area contributed by atoms with Gasteiger partial charge in [0, 0.05) is 45.4 Å². The molecule has 3 rings (SSSR count). The van der Waals surface area contributed by atoms with Gasteiger partial charge in [0.1, 0.15) is 5.82 Å². The smallest absolute Gasteiger partial charge is 0.191 e. The number of nitrogens with zero attached hydrogens (tertiary/aromatic N) is 1. The van der Waals surface area contributed by atoms with Crippen molar-refractivity contribution in [2.75, 3.05) is 40.0 Å². The lowest BCUT2D eigenvalue weighted by Crippen LogP contribution is -2.49. The normalized spacial score (nSPS) is 22.5. The number of benzene rings is 1. The van der Waals surface area contributed by atoms with Crippen LogP contribution in [0, 0.1) is 5.82 Å². The Hall–Kier alpha value is -0.930. The molecule has 146 valence electrons. The third-order valence-corrected chi connectivity index (χ3v) is 5.25. The maximum Gasteiger partial charge on any atom is 0.191 e. The summed E-state index contributed by atoms with van der Waals surface area (Å²) in [5.74, 6) is 0.580. The molecule has 0 radical (unpaired) electrons. The van der Waals surface area contributed by atoms with Gasteiger partial charge in [-0.25, -0.2) is 4.39 Å². The molecule has 1 aromatic rings. The summed E-state index contributed by atoms with van der Waals surface area (Å²) >= 11 is 0. The molecule has 7 heteroatoms. The van der Waals surface area contributed by atoms with Gasteiger partial charge in [-0.1, -0.05) is 12.1 Å². The highest BCUT2D eigenvalue weighted by Crippen LogP contribution is 2.34. The lowest BCUT2D eigenvalue weighted by molar-refractivity contribution is 0.0513. The third kappa shape index (κ3) is 5.53. The molecule has 0 bridgehead atoms. The molecule has 2 saturated heterocycles.